The first-order valence-corrected chi connectivity index (χ1v) is 8.18. The van der Waals surface area contributed by atoms with Gasteiger partial charge in [0.2, 0.25) is 0 Å². The van der Waals surface area contributed by atoms with Crippen molar-refractivity contribution in [2.45, 2.75) is 32.6 Å². The first-order chi connectivity index (χ1) is 11.2. The third kappa shape index (κ3) is 3.86. The molecule has 5 nitrogen and oxygen atoms in total. The van der Waals surface area contributed by atoms with E-state index in [1.165, 1.54) is 25.7 Å². The van der Waals surface area contributed by atoms with E-state index in [0.717, 1.165) is 30.2 Å². The highest BCUT2D eigenvalue weighted by Gasteiger charge is 2.14. The van der Waals surface area contributed by atoms with Crippen LogP contribution in [0.25, 0.3) is 0 Å². The number of amides is 1. The molecule has 2 aromatic rings. The van der Waals surface area contributed by atoms with Crippen LogP contribution in [-0.4, -0.2) is 29.0 Å². The lowest BCUT2D eigenvalue weighted by atomic mass is 10.2. The van der Waals surface area contributed by atoms with Crippen LogP contribution >= 0.6 is 0 Å². The molecule has 1 amide bonds. The van der Waals surface area contributed by atoms with Crippen molar-refractivity contribution < 1.29 is 4.79 Å². The number of nitrogens with zero attached hydrogens (tertiary/aromatic N) is 3. The average molecular weight is 310 g/mol. The number of hydrogen-bond donors (Lipinski definition) is 1. The van der Waals surface area contributed by atoms with Gasteiger partial charge in [0.1, 0.15) is 11.5 Å². The van der Waals surface area contributed by atoms with Gasteiger partial charge in [0.25, 0.3) is 5.91 Å². The van der Waals surface area contributed by atoms with E-state index in [0.29, 0.717) is 5.69 Å². The van der Waals surface area contributed by atoms with Crippen LogP contribution in [0.3, 0.4) is 0 Å². The minimum absolute atomic E-state index is 0.228. The second kappa shape index (κ2) is 7.22. The molecule has 23 heavy (non-hydrogen) atoms. The highest BCUT2D eigenvalue weighted by molar-refractivity contribution is 6.03. The van der Waals surface area contributed by atoms with Gasteiger partial charge in [0, 0.05) is 18.8 Å². The molecule has 1 aliphatic heterocycles. The Labute approximate surface area is 136 Å². The van der Waals surface area contributed by atoms with Crippen LogP contribution < -0.4 is 10.2 Å². The van der Waals surface area contributed by atoms with Gasteiger partial charge in [-0.15, -0.1) is 0 Å². The maximum Gasteiger partial charge on any atom is 0.275 e. The van der Waals surface area contributed by atoms with Crippen molar-refractivity contribution in [1.82, 2.24) is 9.97 Å². The molecule has 0 unspecified atom stereocenters. The van der Waals surface area contributed by atoms with Crippen LogP contribution in [0.4, 0.5) is 11.5 Å². The molecule has 0 aliphatic carbocycles. The van der Waals surface area contributed by atoms with Gasteiger partial charge in [-0.2, -0.15) is 0 Å². The monoisotopic (exact) mass is 310 g/mol. The molecule has 2 heterocycles. The lowest BCUT2D eigenvalue weighted by molar-refractivity contribution is 0.102. The molecule has 3 rings (SSSR count). The summed E-state index contributed by atoms with van der Waals surface area (Å²) in [5, 5.41) is 2.88. The molecule has 1 aromatic heterocycles. The van der Waals surface area contributed by atoms with Crippen LogP contribution in [0.1, 0.15) is 41.7 Å². The molecule has 120 valence electrons. The van der Waals surface area contributed by atoms with Gasteiger partial charge in [-0.05, 0) is 31.4 Å². The zero-order chi connectivity index (χ0) is 16.1. The topological polar surface area (TPSA) is 58.1 Å². The number of anilines is 2. The predicted octanol–water partition coefficient (Wildman–Crippen LogP) is 3.42. The van der Waals surface area contributed by atoms with Gasteiger partial charge in [-0.3, -0.25) is 4.79 Å². The Morgan fingerprint density at radius 2 is 1.78 bits per heavy atom. The number of benzene rings is 1. The van der Waals surface area contributed by atoms with Gasteiger partial charge in [0.05, 0.1) is 12.4 Å². The third-order valence-corrected chi connectivity index (χ3v) is 4.19. The summed E-state index contributed by atoms with van der Waals surface area (Å²) in [4.78, 5) is 23.3. The van der Waals surface area contributed by atoms with Gasteiger partial charge >= 0.3 is 0 Å². The number of rotatable bonds is 3. The van der Waals surface area contributed by atoms with Crippen molar-refractivity contribution in [3.8, 4) is 0 Å². The van der Waals surface area contributed by atoms with Gasteiger partial charge in [0.15, 0.2) is 0 Å². The predicted molar refractivity (Wildman–Crippen MR) is 91.8 cm³/mol. The fraction of sp³-hybridized carbons (Fsp3) is 0.389. The van der Waals surface area contributed by atoms with Crippen molar-refractivity contribution in [3.63, 3.8) is 0 Å². The molecular weight excluding hydrogens is 288 g/mol. The summed E-state index contributed by atoms with van der Waals surface area (Å²) >= 11 is 0. The highest BCUT2D eigenvalue weighted by atomic mass is 16.1. The number of carbonyl (C=O) groups excluding carboxylic acids is 1. The van der Waals surface area contributed by atoms with E-state index < -0.39 is 0 Å². The number of aryl methyl sites for hydroxylation is 1. The molecule has 5 heteroatoms. The quantitative estimate of drug-likeness (QED) is 0.943. The van der Waals surface area contributed by atoms with Gasteiger partial charge < -0.3 is 10.2 Å². The van der Waals surface area contributed by atoms with Crippen molar-refractivity contribution in [1.29, 1.82) is 0 Å². The smallest absolute Gasteiger partial charge is 0.275 e. The SMILES string of the molecule is Cc1ccccc1NC(=O)c1cnc(N2CCCCCC2)cn1. The zero-order valence-electron chi connectivity index (χ0n) is 13.5. The van der Waals surface area contributed by atoms with Crippen molar-refractivity contribution in [3.05, 3.63) is 47.9 Å². The molecule has 0 atom stereocenters. The Kier molecular flexibility index (Phi) is 4.86. The third-order valence-electron chi connectivity index (χ3n) is 4.19. The minimum Gasteiger partial charge on any atom is -0.355 e. The lowest BCUT2D eigenvalue weighted by Gasteiger charge is -2.20. The highest BCUT2D eigenvalue weighted by Crippen LogP contribution is 2.17. The Morgan fingerprint density at radius 3 is 2.43 bits per heavy atom. The van der Waals surface area contributed by atoms with Crippen molar-refractivity contribution in [2.75, 3.05) is 23.3 Å². The van der Waals surface area contributed by atoms with Crippen LogP contribution in [0.5, 0.6) is 0 Å². The number of nitrogens with one attached hydrogen (secondary N) is 1. The van der Waals surface area contributed by atoms with Crippen molar-refractivity contribution >= 4 is 17.4 Å². The molecule has 0 spiro atoms. The zero-order valence-corrected chi connectivity index (χ0v) is 13.5. The number of hydrogen-bond acceptors (Lipinski definition) is 4. The molecule has 0 bridgehead atoms. The van der Waals surface area contributed by atoms with E-state index in [1.54, 1.807) is 12.4 Å². The summed E-state index contributed by atoms with van der Waals surface area (Å²) in [5.41, 5.74) is 2.16. The summed E-state index contributed by atoms with van der Waals surface area (Å²) in [7, 11) is 0. The van der Waals surface area contributed by atoms with Gasteiger partial charge in [-0.25, -0.2) is 9.97 Å². The summed E-state index contributed by atoms with van der Waals surface area (Å²) in [6.45, 7) is 4.00. The fourth-order valence-corrected chi connectivity index (χ4v) is 2.80. The van der Waals surface area contributed by atoms with Crippen molar-refractivity contribution in [2.24, 2.45) is 0 Å². The second-order valence-corrected chi connectivity index (χ2v) is 5.93. The second-order valence-electron chi connectivity index (χ2n) is 5.93. The lowest BCUT2D eigenvalue weighted by Crippen LogP contribution is -2.25. The average Bonchev–Trinajstić information content (AvgIpc) is 2.86. The molecule has 1 fully saturated rings. The van der Waals surface area contributed by atoms with Crippen LogP contribution in [0.15, 0.2) is 36.7 Å². The van der Waals surface area contributed by atoms with Crippen LogP contribution in [0, 0.1) is 6.92 Å². The largest absolute Gasteiger partial charge is 0.355 e. The summed E-state index contributed by atoms with van der Waals surface area (Å²) in [6, 6.07) is 7.69. The van der Waals surface area contributed by atoms with Crippen LogP contribution in [-0.2, 0) is 0 Å². The van der Waals surface area contributed by atoms with E-state index in [2.05, 4.69) is 20.2 Å². The van der Waals surface area contributed by atoms with E-state index in [9.17, 15) is 4.79 Å². The molecule has 1 aliphatic rings. The van der Waals surface area contributed by atoms with E-state index in [4.69, 9.17) is 0 Å². The fourth-order valence-electron chi connectivity index (χ4n) is 2.80. The van der Waals surface area contributed by atoms with Gasteiger partial charge in [-0.1, -0.05) is 31.0 Å². The molecule has 1 aromatic carbocycles. The molecule has 0 saturated carbocycles. The van der Waals surface area contributed by atoms with E-state index in [-0.39, 0.29) is 5.91 Å². The molecule has 1 saturated heterocycles. The Hall–Kier alpha value is -2.43. The normalized spacial score (nSPS) is 15.1. The maximum atomic E-state index is 12.3. The summed E-state index contributed by atoms with van der Waals surface area (Å²) < 4.78 is 0. The van der Waals surface area contributed by atoms with E-state index in [1.807, 2.05) is 31.2 Å². The standard InChI is InChI=1S/C18H22N4O/c1-14-8-4-5-9-15(14)21-18(23)16-12-20-17(13-19-16)22-10-6-2-3-7-11-22/h4-5,8-9,12-13H,2-3,6-7,10-11H2,1H3,(H,21,23). The number of carbonyl (C=O) groups is 1. The number of para-hydroxylation sites is 1. The molecular formula is C18H22N4O. The first-order valence-electron chi connectivity index (χ1n) is 8.18. The minimum atomic E-state index is -0.228. The molecule has 1 N–H and O–H groups in total. The maximum absolute atomic E-state index is 12.3. The Bertz CT molecular complexity index is 661. The first kappa shape index (κ1) is 15.5. The Morgan fingerprint density at radius 1 is 1.04 bits per heavy atom. The summed E-state index contributed by atoms with van der Waals surface area (Å²) in [5.74, 6) is 0.633. The molecule has 0 radical (unpaired) electrons. The number of aromatic nitrogens is 2. The van der Waals surface area contributed by atoms with Crippen LogP contribution in [0.2, 0.25) is 0 Å². The van der Waals surface area contributed by atoms with E-state index >= 15 is 0 Å². The summed E-state index contributed by atoms with van der Waals surface area (Å²) in [6.07, 6.45) is 8.21. The Balaban J connectivity index is 1.69.